The predicted octanol–water partition coefficient (Wildman–Crippen LogP) is 1.85. The highest BCUT2D eigenvalue weighted by Crippen LogP contribution is 2.25. The molecule has 1 aliphatic heterocycles. The highest BCUT2D eigenvalue weighted by Gasteiger charge is 2.29. The van der Waals surface area contributed by atoms with E-state index in [2.05, 4.69) is 35.8 Å². The van der Waals surface area contributed by atoms with Gasteiger partial charge in [0.05, 0.1) is 35.4 Å². The van der Waals surface area contributed by atoms with Gasteiger partial charge in [-0.1, -0.05) is 20.8 Å². The van der Waals surface area contributed by atoms with Crippen LogP contribution >= 0.6 is 0 Å². The maximum atomic E-state index is 12.8. The Bertz CT molecular complexity index is 1170. The Morgan fingerprint density at radius 1 is 1.17 bits per heavy atom. The topological polar surface area (TPSA) is 85.9 Å². The second kappa shape index (κ2) is 7.09. The van der Waals surface area contributed by atoms with Gasteiger partial charge < -0.3 is 4.90 Å². The van der Waals surface area contributed by atoms with Crippen LogP contribution in [0.4, 0.5) is 5.95 Å². The summed E-state index contributed by atoms with van der Waals surface area (Å²) in [5.41, 5.74) is 1.12. The molecule has 3 aromatic rings. The first-order valence-corrected chi connectivity index (χ1v) is 9.92. The van der Waals surface area contributed by atoms with Crippen LogP contribution in [0, 0.1) is 0 Å². The zero-order valence-corrected chi connectivity index (χ0v) is 17.3. The molecule has 1 atom stereocenters. The molecule has 1 unspecified atom stereocenters. The van der Waals surface area contributed by atoms with Crippen molar-refractivity contribution in [3.8, 4) is 0 Å². The van der Waals surface area contributed by atoms with Crippen LogP contribution in [0.3, 0.4) is 0 Å². The van der Waals surface area contributed by atoms with Crippen LogP contribution in [0.1, 0.15) is 39.3 Å². The Labute approximate surface area is 168 Å². The second-order valence-corrected chi connectivity index (χ2v) is 8.65. The van der Waals surface area contributed by atoms with Gasteiger partial charge in [0, 0.05) is 31.3 Å². The highest BCUT2D eigenvalue weighted by molar-refractivity contribution is 5.77. The Hall–Kier alpha value is -3.03. The minimum atomic E-state index is -0.137. The van der Waals surface area contributed by atoms with Gasteiger partial charge in [0.2, 0.25) is 5.95 Å². The van der Waals surface area contributed by atoms with E-state index in [1.165, 1.54) is 0 Å². The molecule has 3 aromatic heterocycles. The summed E-state index contributed by atoms with van der Waals surface area (Å²) in [6.45, 7) is 7.48. The number of hydrogen-bond donors (Lipinski definition) is 0. The number of aromatic nitrogens is 5. The van der Waals surface area contributed by atoms with E-state index in [0.29, 0.717) is 23.4 Å². The lowest BCUT2D eigenvalue weighted by atomic mass is 9.92. The minimum absolute atomic E-state index is 0.0441. The van der Waals surface area contributed by atoms with Crippen molar-refractivity contribution >= 4 is 16.9 Å². The summed E-state index contributed by atoms with van der Waals surface area (Å²) in [7, 11) is 1.74. The standard InChI is InChI=1S/C21H26N6O2/c1-21(2,3)17-7-8-18(28)27(24-17)13-14-6-5-11-26(14)20-23-16-12-22-10-9-15(16)19(29)25(20)4/h7-10,12,14H,5-6,11,13H2,1-4H3. The molecule has 0 spiro atoms. The molecular formula is C21H26N6O2. The molecule has 8 nitrogen and oxygen atoms in total. The van der Waals surface area contributed by atoms with Crippen LogP contribution < -0.4 is 16.0 Å². The molecular weight excluding hydrogens is 368 g/mol. The molecule has 0 bridgehead atoms. The molecule has 1 fully saturated rings. The number of fused-ring (bicyclic) bond motifs is 1. The molecule has 1 saturated heterocycles. The van der Waals surface area contributed by atoms with Gasteiger partial charge in [-0.05, 0) is 25.0 Å². The van der Waals surface area contributed by atoms with Crippen molar-refractivity contribution in [1.82, 2.24) is 24.3 Å². The fourth-order valence-electron chi connectivity index (χ4n) is 3.84. The molecule has 0 aliphatic carbocycles. The average Bonchev–Trinajstić information content (AvgIpc) is 3.13. The van der Waals surface area contributed by atoms with E-state index in [1.54, 1.807) is 46.9 Å². The highest BCUT2D eigenvalue weighted by atomic mass is 16.1. The smallest absolute Gasteiger partial charge is 0.266 e. The molecule has 1 aliphatic rings. The van der Waals surface area contributed by atoms with Gasteiger partial charge in [-0.2, -0.15) is 5.10 Å². The van der Waals surface area contributed by atoms with E-state index < -0.39 is 0 Å². The third kappa shape index (κ3) is 3.54. The molecule has 152 valence electrons. The summed E-state index contributed by atoms with van der Waals surface area (Å²) in [4.78, 5) is 36.1. The summed E-state index contributed by atoms with van der Waals surface area (Å²) in [5, 5.41) is 5.16. The van der Waals surface area contributed by atoms with Crippen molar-refractivity contribution in [3.63, 3.8) is 0 Å². The van der Waals surface area contributed by atoms with Crippen molar-refractivity contribution in [2.24, 2.45) is 7.05 Å². The first-order valence-electron chi connectivity index (χ1n) is 9.92. The number of pyridine rings is 1. The largest absolute Gasteiger partial charge is 0.337 e. The van der Waals surface area contributed by atoms with Crippen LogP contribution in [-0.2, 0) is 19.0 Å². The van der Waals surface area contributed by atoms with Gasteiger partial charge in [0.15, 0.2) is 0 Å². The first kappa shape index (κ1) is 19.3. The van der Waals surface area contributed by atoms with Crippen molar-refractivity contribution in [2.75, 3.05) is 11.4 Å². The van der Waals surface area contributed by atoms with Crippen molar-refractivity contribution < 1.29 is 0 Å². The molecule has 4 rings (SSSR count). The summed E-state index contributed by atoms with van der Waals surface area (Å²) in [5.74, 6) is 0.609. The van der Waals surface area contributed by atoms with Crippen LogP contribution in [0.5, 0.6) is 0 Å². The minimum Gasteiger partial charge on any atom is -0.337 e. The third-order valence-electron chi connectivity index (χ3n) is 5.51. The van der Waals surface area contributed by atoms with Crippen LogP contribution in [0.25, 0.3) is 10.9 Å². The van der Waals surface area contributed by atoms with E-state index in [9.17, 15) is 9.59 Å². The molecule has 0 aromatic carbocycles. The first-order chi connectivity index (χ1) is 13.8. The van der Waals surface area contributed by atoms with E-state index in [1.807, 2.05) is 0 Å². The molecule has 0 saturated carbocycles. The molecule has 0 N–H and O–H groups in total. The van der Waals surface area contributed by atoms with Gasteiger partial charge >= 0.3 is 0 Å². The van der Waals surface area contributed by atoms with Gasteiger partial charge in [0.25, 0.3) is 11.1 Å². The number of anilines is 1. The lowest BCUT2D eigenvalue weighted by Crippen LogP contribution is -2.40. The van der Waals surface area contributed by atoms with E-state index >= 15 is 0 Å². The second-order valence-electron chi connectivity index (χ2n) is 8.65. The summed E-state index contributed by atoms with van der Waals surface area (Å²) >= 11 is 0. The molecule has 0 radical (unpaired) electrons. The number of nitrogens with zero attached hydrogens (tertiary/aromatic N) is 6. The fourth-order valence-corrected chi connectivity index (χ4v) is 3.84. The zero-order chi connectivity index (χ0) is 20.8. The van der Waals surface area contributed by atoms with E-state index in [4.69, 9.17) is 4.98 Å². The van der Waals surface area contributed by atoms with Crippen molar-refractivity contribution in [3.05, 3.63) is 57.0 Å². The normalized spacial score (nSPS) is 17.2. The van der Waals surface area contributed by atoms with Crippen LogP contribution in [0.2, 0.25) is 0 Å². The van der Waals surface area contributed by atoms with Gasteiger partial charge in [-0.3, -0.25) is 19.1 Å². The fraction of sp³-hybridized carbons (Fsp3) is 0.476. The van der Waals surface area contributed by atoms with E-state index in [0.717, 1.165) is 25.1 Å². The van der Waals surface area contributed by atoms with E-state index in [-0.39, 0.29) is 22.6 Å². The molecule has 4 heterocycles. The average molecular weight is 394 g/mol. The Kier molecular flexibility index (Phi) is 4.72. The zero-order valence-electron chi connectivity index (χ0n) is 17.3. The SMILES string of the molecule is Cn1c(N2CCCC2Cn2nc(C(C)(C)C)ccc2=O)nc2cnccc2c1=O. The summed E-state index contributed by atoms with van der Waals surface area (Å²) in [6, 6.07) is 5.12. The maximum absolute atomic E-state index is 12.8. The molecule has 8 heteroatoms. The van der Waals surface area contributed by atoms with Gasteiger partial charge in [-0.15, -0.1) is 0 Å². The quantitative estimate of drug-likeness (QED) is 0.674. The summed E-state index contributed by atoms with van der Waals surface area (Å²) in [6.07, 6.45) is 5.10. The lowest BCUT2D eigenvalue weighted by Gasteiger charge is -2.28. The van der Waals surface area contributed by atoms with Crippen LogP contribution in [-0.4, -0.2) is 36.9 Å². The Morgan fingerprint density at radius 2 is 1.97 bits per heavy atom. The Morgan fingerprint density at radius 3 is 2.72 bits per heavy atom. The molecule has 29 heavy (non-hydrogen) atoms. The lowest BCUT2D eigenvalue weighted by molar-refractivity contribution is 0.453. The summed E-state index contributed by atoms with van der Waals surface area (Å²) < 4.78 is 3.13. The number of rotatable bonds is 3. The predicted molar refractivity (Wildman–Crippen MR) is 112 cm³/mol. The van der Waals surface area contributed by atoms with Crippen molar-refractivity contribution in [1.29, 1.82) is 0 Å². The van der Waals surface area contributed by atoms with Gasteiger partial charge in [0.1, 0.15) is 0 Å². The Balaban J connectivity index is 1.71. The molecule has 0 amide bonds. The number of hydrogen-bond acceptors (Lipinski definition) is 6. The van der Waals surface area contributed by atoms with Crippen molar-refractivity contribution in [2.45, 2.75) is 51.6 Å². The third-order valence-corrected chi connectivity index (χ3v) is 5.51. The monoisotopic (exact) mass is 394 g/mol. The van der Waals surface area contributed by atoms with Crippen LogP contribution in [0.15, 0.2) is 40.2 Å². The van der Waals surface area contributed by atoms with Gasteiger partial charge in [-0.25, -0.2) is 9.67 Å². The maximum Gasteiger partial charge on any atom is 0.266 e.